The molecule has 1 unspecified atom stereocenters. The number of aryl methyl sites for hydroxylation is 2. The maximum Gasteiger partial charge on any atom is 0.126 e. The maximum absolute atomic E-state index is 13.7. The molecule has 2 heteroatoms. The Balaban J connectivity index is 2.42. The summed E-state index contributed by atoms with van der Waals surface area (Å²) in [5, 5.41) is 10.8. The first-order valence-corrected chi connectivity index (χ1v) is 7.03. The number of halogens is 1. The van der Waals surface area contributed by atoms with Gasteiger partial charge in [-0.1, -0.05) is 49.7 Å². The van der Waals surface area contributed by atoms with E-state index in [-0.39, 0.29) is 5.82 Å². The van der Waals surface area contributed by atoms with Gasteiger partial charge in [0.1, 0.15) is 11.4 Å². The Morgan fingerprint density at radius 3 is 2.45 bits per heavy atom. The lowest BCUT2D eigenvalue weighted by Crippen LogP contribution is -2.23. The predicted molar refractivity (Wildman–Crippen MR) is 80.2 cm³/mol. The van der Waals surface area contributed by atoms with Crippen LogP contribution in [0.15, 0.2) is 42.5 Å². The van der Waals surface area contributed by atoms with E-state index in [1.165, 1.54) is 11.6 Å². The molecule has 0 aromatic heterocycles. The highest BCUT2D eigenvalue weighted by molar-refractivity contribution is 5.38. The smallest absolute Gasteiger partial charge is 0.126 e. The molecule has 0 spiro atoms. The Hall–Kier alpha value is -1.67. The van der Waals surface area contributed by atoms with Crippen molar-refractivity contribution in [3.05, 3.63) is 70.5 Å². The molecule has 2 aromatic carbocycles. The first kappa shape index (κ1) is 14.7. The topological polar surface area (TPSA) is 20.2 Å². The molecule has 1 atom stereocenters. The Morgan fingerprint density at radius 2 is 1.80 bits per heavy atom. The van der Waals surface area contributed by atoms with Crippen LogP contribution < -0.4 is 0 Å². The Morgan fingerprint density at radius 1 is 1.10 bits per heavy atom. The Kier molecular flexibility index (Phi) is 4.24. The fourth-order valence-electron chi connectivity index (χ4n) is 2.38. The van der Waals surface area contributed by atoms with Gasteiger partial charge in [0.2, 0.25) is 0 Å². The van der Waals surface area contributed by atoms with Gasteiger partial charge < -0.3 is 5.11 Å². The minimum atomic E-state index is -1.18. The molecule has 0 saturated carbocycles. The highest BCUT2D eigenvalue weighted by Gasteiger charge is 2.26. The van der Waals surface area contributed by atoms with E-state index in [9.17, 15) is 9.50 Å². The van der Waals surface area contributed by atoms with Crippen molar-refractivity contribution in [2.45, 2.75) is 39.2 Å². The summed E-state index contributed by atoms with van der Waals surface area (Å²) in [6.07, 6.45) is 2.04. The fraction of sp³-hybridized carbons (Fsp3) is 0.333. The van der Waals surface area contributed by atoms with Crippen molar-refractivity contribution in [1.29, 1.82) is 0 Å². The zero-order valence-corrected chi connectivity index (χ0v) is 12.3. The monoisotopic (exact) mass is 272 g/mol. The van der Waals surface area contributed by atoms with E-state index in [1.54, 1.807) is 26.0 Å². The van der Waals surface area contributed by atoms with Gasteiger partial charge in [-0.2, -0.15) is 0 Å². The molecule has 0 aliphatic carbocycles. The van der Waals surface area contributed by atoms with E-state index in [0.717, 1.165) is 18.4 Å². The summed E-state index contributed by atoms with van der Waals surface area (Å²) in [5.74, 6) is -0.285. The predicted octanol–water partition coefficient (Wildman–Crippen LogP) is 4.34. The summed E-state index contributed by atoms with van der Waals surface area (Å²) in [4.78, 5) is 0. The van der Waals surface area contributed by atoms with E-state index in [4.69, 9.17) is 0 Å². The minimum absolute atomic E-state index is 0.285. The SMILES string of the molecule is CCCc1cccc(C(C)(O)c2ccc(C)c(F)c2)c1. The van der Waals surface area contributed by atoms with Crippen molar-refractivity contribution in [1.82, 2.24) is 0 Å². The third-order valence-corrected chi connectivity index (χ3v) is 3.76. The largest absolute Gasteiger partial charge is 0.381 e. The number of benzene rings is 2. The molecule has 20 heavy (non-hydrogen) atoms. The second-order valence-corrected chi connectivity index (χ2v) is 5.49. The van der Waals surface area contributed by atoms with Crippen LogP contribution in [0.2, 0.25) is 0 Å². The van der Waals surface area contributed by atoms with Gasteiger partial charge in [-0.3, -0.25) is 0 Å². The second kappa shape index (κ2) is 5.76. The molecule has 0 radical (unpaired) electrons. The van der Waals surface area contributed by atoms with Crippen LogP contribution in [-0.4, -0.2) is 5.11 Å². The molecule has 2 rings (SSSR count). The minimum Gasteiger partial charge on any atom is -0.381 e. The molecule has 106 valence electrons. The lowest BCUT2D eigenvalue weighted by Gasteiger charge is -2.25. The molecular formula is C18H21FO. The van der Waals surface area contributed by atoms with Crippen LogP contribution in [0, 0.1) is 12.7 Å². The van der Waals surface area contributed by atoms with Gasteiger partial charge in [-0.05, 0) is 48.6 Å². The van der Waals surface area contributed by atoms with E-state index < -0.39 is 5.60 Å². The Bertz CT molecular complexity index is 602. The number of hydrogen-bond acceptors (Lipinski definition) is 1. The van der Waals surface area contributed by atoms with Crippen LogP contribution in [-0.2, 0) is 12.0 Å². The zero-order chi connectivity index (χ0) is 14.8. The highest BCUT2D eigenvalue weighted by Crippen LogP contribution is 2.30. The summed E-state index contributed by atoms with van der Waals surface area (Å²) < 4.78 is 13.7. The molecule has 2 aromatic rings. The molecule has 0 bridgehead atoms. The molecule has 0 aliphatic rings. The van der Waals surface area contributed by atoms with Crippen LogP contribution >= 0.6 is 0 Å². The van der Waals surface area contributed by atoms with Crippen molar-refractivity contribution in [2.75, 3.05) is 0 Å². The quantitative estimate of drug-likeness (QED) is 0.877. The van der Waals surface area contributed by atoms with Gasteiger partial charge in [-0.25, -0.2) is 4.39 Å². The number of hydrogen-bond donors (Lipinski definition) is 1. The second-order valence-electron chi connectivity index (χ2n) is 5.49. The molecule has 0 heterocycles. The average Bonchev–Trinajstić information content (AvgIpc) is 2.42. The van der Waals surface area contributed by atoms with Gasteiger partial charge in [0.25, 0.3) is 0 Å². The van der Waals surface area contributed by atoms with Crippen molar-refractivity contribution < 1.29 is 9.50 Å². The fourth-order valence-corrected chi connectivity index (χ4v) is 2.38. The molecule has 0 fully saturated rings. The van der Waals surface area contributed by atoms with Crippen molar-refractivity contribution in [3.63, 3.8) is 0 Å². The molecule has 0 saturated heterocycles. The van der Waals surface area contributed by atoms with Gasteiger partial charge in [0.15, 0.2) is 0 Å². The number of aliphatic hydroxyl groups is 1. The molecule has 1 nitrogen and oxygen atoms in total. The van der Waals surface area contributed by atoms with Gasteiger partial charge in [-0.15, -0.1) is 0 Å². The summed E-state index contributed by atoms with van der Waals surface area (Å²) in [6, 6.07) is 12.8. The first-order chi connectivity index (χ1) is 9.45. The van der Waals surface area contributed by atoms with Crippen molar-refractivity contribution >= 4 is 0 Å². The van der Waals surface area contributed by atoms with Crippen molar-refractivity contribution in [3.8, 4) is 0 Å². The number of rotatable bonds is 4. The van der Waals surface area contributed by atoms with Crippen LogP contribution in [0.1, 0.15) is 42.5 Å². The zero-order valence-electron chi connectivity index (χ0n) is 12.3. The van der Waals surface area contributed by atoms with Crippen LogP contribution in [0.3, 0.4) is 0 Å². The normalized spacial score (nSPS) is 14.1. The van der Waals surface area contributed by atoms with Crippen molar-refractivity contribution in [2.24, 2.45) is 0 Å². The van der Waals surface area contributed by atoms with Gasteiger partial charge in [0, 0.05) is 0 Å². The highest BCUT2D eigenvalue weighted by atomic mass is 19.1. The van der Waals surface area contributed by atoms with E-state index >= 15 is 0 Å². The maximum atomic E-state index is 13.7. The Labute approximate surface area is 120 Å². The van der Waals surface area contributed by atoms with E-state index in [0.29, 0.717) is 11.1 Å². The lowest BCUT2D eigenvalue weighted by atomic mass is 9.86. The summed E-state index contributed by atoms with van der Waals surface area (Å²) >= 11 is 0. The van der Waals surface area contributed by atoms with Gasteiger partial charge >= 0.3 is 0 Å². The van der Waals surface area contributed by atoms with Crippen LogP contribution in [0.4, 0.5) is 4.39 Å². The van der Waals surface area contributed by atoms with Gasteiger partial charge in [0.05, 0.1) is 0 Å². The van der Waals surface area contributed by atoms with Crippen LogP contribution in [0.5, 0.6) is 0 Å². The average molecular weight is 272 g/mol. The van der Waals surface area contributed by atoms with E-state index in [2.05, 4.69) is 13.0 Å². The standard InChI is InChI=1S/C18H21FO/c1-4-6-14-7-5-8-15(11-14)18(3,20)16-10-9-13(2)17(19)12-16/h5,7-12,20H,4,6H2,1-3H3. The third kappa shape index (κ3) is 2.91. The third-order valence-electron chi connectivity index (χ3n) is 3.76. The first-order valence-electron chi connectivity index (χ1n) is 7.03. The lowest BCUT2D eigenvalue weighted by molar-refractivity contribution is 0.102. The molecule has 1 N–H and O–H groups in total. The molecule has 0 aliphatic heterocycles. The summed E-state index contributed by atoms with van der Waals surface area (Å²) in [7, 11) is 0. The summed E-state index contributed by atoms with van der Waals surface area (Å²) in [5.41, 5.74) is 1.97. The summed E-state index contributed by atoms with van der Waals surface area (Å²) in [6.45, 7) is 5.55. The van der Waals surface area contributed by atoms with Crippen LogP contribution in [0.25, 0.3) is 0 Å². The molecule has 0 amide bonds. The van der Waals surface area contributed by atoms with E-state index in [1.807, 2.05) is 18.2 Å². The molecular weight excluding hydrogens is 251 g/mol.